The van der Waals surface area contributed by atoms with Crippen LogP contribution in [0.2, 0.25) is 0 Å². The molecule has 2 aliphatic rings. The molecule has 1 amide bonds. The number of hydrogen-bond acceptors (Lipinski definition) is 9. The van der Waals surface area contributed by atoms with E-state index in [0.717, 1.165) is 12.0 Å². The van der Waals surface area contributed by atoms with Crippen LogP contribution in [0, 0.1) is 5.92 Å². The number of allylic oxidation sites excluding steroid dienone is 1. The molecule has 3 heterocycles. The third-order valence-electron chi connectivity index (χ3n) is 5.96. The van der Waals surface area contributed by atoms with Crippen LogP contribution in [-0.2, 0) is 33.2 Å². The molecule has 198 valence electrons. The van der Waals surface area contributed by atoms with Crippen molar-refractivity contribution < 1.29 is 38.3 Å². The van der Waals surface area contributed by atoms with Crippen molar-refractivity contribution in [3.8, 4) is 0 Å². The number of ether oxygens (including phenoxy) is 6. The molecule has 35 heavy (non-hydrogen) atoms. The van der Waals surface area contributed by atoms with Gasteiger partial charge in [0.1, 0.15) is 0 Å². The van der Waals surface area contributed by atoms with E-state index in [2.05, 4.69) is 11.4 Å². The lowest BCUT2D eigenvalue weighted by Gasteiger charge is -2.37. The summed E-state index contributed by atoms with van der Waals surface area (Å²) < 4.78 is 34.4. The first kappa shape index (κ1) is 28.0. The molecule has 10 heteroatoms. The van der Waals surface area contributed by atoms with Crippen molar-refractivity contribution in [2.45, 2.75) is 32.0 Å². The summed E-state index contributed by atoms with van der Waals surface area (Å²) in [4.78, 5) is 15.3. The summed E-state index contributed by atoms with van der Waals surface area (Å²) in [5, 5.41) is 13.6. The maximum Gasteiger partial charge on any atom is 0.288 e. The standard InChI is InChI=1S/C25H39NO8S/c1-2-33-25-21(4-3-8-27)22(20-5-17-35-19-20)18-23(34-25)24(28)26-6-9-29-11-13-31-15-16-32-14-12-30-10-7-26/h5,17-19,21-22,25,27H,2-4,6-16H2,1H3/t21-,22-,25-/m0/s1. The Morgan fingerprint density at radius 3 is 2.23 bits per heavy atom. The molecule has 3 atom stereocenters. The lowest BCUT2D eigenvalue weighted by atomic mass is 9.81. The van der Waals surface area contributed by atoms with Gasteiger partial charge >= 0.3 is 0 Å². The van der Waals surface area contributed by atoms with E-state index in [1.807, 2.05) is 18.4 Å². The largest absolute Gasteiger partial charge is 0.459 e. The molecule has 0 aromatic carbocycles. The number of carbonyl (C=O) groups is 1. The van der Waals surface area contributed by atoms with Crippen LogP contribution in [0.25, 0.3) is 0 Å². The van der Waals surface area contributed by atoms with Crippen molar-refractivity contribution in [3.05, 3.63) is 34.2 Å². The third kappa shape index (κ3) is 9.13. The molecule has 0 aliphatic carbocycles. The average molecular weight is 514 g/mol. The molecule has 0 unspecified atom stereocenters. The van der Waals surface area contributed by atoms with Gasteiger partial charge in [-0.15, -0.1) is 0 Å². The Kier molecular flexibility index (Phi) is 13.0. The molecule has 1 fully saturated rings. The number of hydrogen-bond donors (Lipinski definition) is 1. The Morgan fingerprint density at radius 2 is 1.69 bits per heavy atom. The zero-order chi connectivity index (χ0) is 24.7. The van der Waals surface area contributed by atoms with Crippen LogP contribution >= 0.6 is 11.3 Å². The fourth-order valence-corrected chi connectivity index (χ4v) is 4.89. The molecular formula is C25H39NO8S. The quantitative estimate of drug-likeness (QED) is 0.594. The molecule has 2 aliphatic heterocycles. The SMILES string of the molecule is CCO[C@H]1OC(C(=O)N2CCOCCOCCOCCOCC2)=C[C@@H](c2ccsc2)[C@@H]1CCCO. The van der Waals surface area contributed by atoms with Crippen LogP contribution < -0.4 is 0 Å². The highest BCUT2D eigenvalue weighted by molar-refractivity contribution is 7.08. The zero-order valence-corrected chi connectivity index (χ0v) is 21.4. The second kappa shape index (κ2) is 16.3. The van der Waals surface area contributed by atoms with Gasteiger partial charge in [0.15, 0.2) is 5.76 Å². The highest BCUT2D eigenvalue weighted by Crippen LogP contribution is 2.40. The number of carbonyl (C=O) groups excluding carboxylic acids is 1. The normalized spacial score (nSPS) is 25.7. The van der Waals surface area contributed by atoms with E-state index in [1.54, 1.807) is 16.2 Å². The van der Waals surface area contributed by atoms with Gasteiger partial charge in [0.25, 0.3) is 5.91 Å². The fourth-order valence-electron chi connectivity index (χ4n) is 4.18. The molecule has 0 spiro atoms. The number of rotatable bonds is 7. The highest BCUT2D eigenvalue weighted by atomic mass is 32.1. The zero-order valence-electron chi connectivity index (χ0n) is 20.6. The van der Waals surface area contributed by atoms with Crippen molar-refractivity contribution in [1.82, 2.24) is 4.90 Å². The van der Waals surface area contributed by atoms with Gasteiger partial charge in [0.2, 0.25) is 6.29 Å². The summed E-state index contributed by atoms with van der Waals surface area (Å²) in [6, 6.07) is 2.07. The minimum absolute atomic E-state index is 0.00263. The molecule has 0 radical (unpaired) electrons. The molecule has 1 aromatic rings. The first-order valence-electron chi connectivity index (χ1n) is 12.5. The second-order valence-corrected chi connectivity index (χ2v) is 9.11. The van der Waals surface area contributed by atoms with Crippen LogP contribution in [0.3, 0.4) is 0 Å². The fraction of sp³-hybridized carbons (Fsp3) is 0.720. The summed E-state index contributed by atoms with van der Waals surface area (Å²) in [5.41, 5.74) is 1.12. The Balaban J connectivity index is 1.75. The van der Waals surface area contributed by atoms with Gasteiger partial charge in [0.05, 0.1) is 52.9 Å². The van der Waals surface area contributed by atoms with Crippen molar-refractivity contribution in [2.75, 3.05) is 79.2 Å². The van der Waals surface area contributed by atoms with Gasteiger partial charge in [-0.25, -0.2) is 0 Å². The van der Waals surface area contributed by atoms with Crippen LogP contribution in [0.1, 0.15) is 31.2 Å². The van der Waals surface area contributed by atoms with E-state index in [-0.39, 0.29) is 30.1 Å². The average Bonchev–Trinajstić information content (AvgIpc) is 3.40. The summed E-state index contributed by atoms with van der Waals surface area (Å²) >= 11 is 1.62. The molecule has 3 rings (SSSR count). The molecule has 1 saturated heterocycles. The van der Waals surface area contributed by atoms with Crippen LogP contribution in [-0.4, -0.2) is 101 Å². The van der Waals surface area contributed by atoms with Gasteiger partial charge in [0, 0.05) is 38.1 Å². The smallest absolute Gasteiger partial charge is 0.288 e. The molecule has 9 nitrogen and oxygen atoms in total. The Morgan fingerprint density at radius 1 is 1.06 bits per heavy atom. The van der Waals surface area contributed by atoms with Crippen molar-refractivity contribution in [1.29, 1.82) is 0 Å². The van der Waals surface area contributed by atoms with Gasteiger partial charge < -0.3 is 38.4 Å². The predicted molar refractivity (Wildman–Crippen MR) is 131 cm³/mol. The van der Waals surface area contributed by atoms with E-state index in [4.69, 9.17) is 28.4 Å². The van der Waals surface area contributed by atoms with Gasteiger partial charge in [-0.2, -0.15) is 11.3 Å². The minimum Gasteiger partial charge on any atom is -0.459 e. The van der Waals surface area contributed by atoms with E-state index >= 15 is 0 Å². The maximum atomic E-state index is 13.6. The summed E-state index contributed by atoms with van der Waals surface area (Å²) in [5.74, 6) is 0.0363. The third-order valence-corrected chi connectivity index (χ3v) is 6.67. The number of aliphatic hydroxyl groups excluding tert-OH is 1. The maximum absolute atomic E-state index is 13.6. The first-order chi connectivity index (χ1) is 17.2. The molecule has 1 N–H and O–H groups in total. The van der Waals surface area contributed by atoms with E-state index < -0.39 is 6.29 Å². The van der Waals surface area contributed by atoms with Crippen LogP contribution in [0.5, 0.6) is 0 Å². The number of nitrogens with zero attached hydrogens (tertiary/aromatic N) is 1. The van der Waals surface area contributed by atoms with Crippen LogP contribution in [0.15, 0.2) is 28.7 Å². The molecule has 1 aromatic heterocycles. The van der Waals surface area contributed by atoms with Crippen LogP contribution in [0.4, 0.5) is 0 Å². The van der Waals surface area contributed by atoms with Gasteiger partial charge in [-0.1, -0.05) is 0 Å². The molecule has 0 bridgehead atoms. The number of thiophene rings is 1. The van der Waals surface area contributed by atoms with Crippen molar-refractivity contribution in [3.63, 3.8) is 0 Å². The van der Waals surface area contributed by atoms with E-state index in [1.165, 1.54) is 0 Å². The number of amides is 1. The predicted octanol–water partition coefficient (Wildman–Crippen LogP) is 2.41. The summed E-state index contributed by atoms with van der Waals surface area (Å²) in [6.07, 6.45) is 2.73. The monoisotopic (exact) mass is 513 g/mol. The molecular weight excluding hydrogens is 474 g/mol. The lowest BCUT2D eigenvalue weighted by molar-refractivity contribution is -0.170. The van der Waals surface area contributed by atoms with Gasteiger partial charge in [-0.05, 0) is 48.2 Å². The Bertz CT molecular complexity index is 728. The molecule has 0 saturated carbocycles. The van der Waals surface area contributed by atoms with Gasteiger partial charge in [-0.3, -0.25) is 4.79 Å². The Labute approximate surface area is 211 Å². The second-order valence-electron chi connectivity index (χ2n) is 8.33. The first-order valence-corrected chi connectivity index (χ1v) is 13.4. The summed E-state index contributed by atoms with van der Waals surface area (Å²) in [7, 11) is 0. The topological polar surface area (TPSA) is 95.9 Å². The lowest BCUT2D eigenvalue weighted by Crippen LogP contribution is -2.42. The Hall–Kier alpha value is -1.53. The minimum atomic E-state index is -0.564. The van der Waals surface area contributed by atoms with Crippen molar-refractivity contribution in [2.24, 2.45) is 5.92 Å². The highest BCUT2D eigenvalue weighted by Gasteiger charge is 2.38. The van der Waals surface area contributed by atoms with Crippen molar-refractivity contribution >= 4 is 17.2 Å². The number of aliphatic hydroxyl groups is 1. The summed E-state index contributed by atoms with van der Waals surface area (Å²) in [6.45, 7) is 7.00. The van der Waals surface area contributed by atoms with E-state index in [9.17, 15) is 9.90 Å². The van der Waals surface area contributed by atoms with E-state index in [0.29, 0.717) is 79.0 Å².